The first-order valence-electron chi connectivity index (χ1n) is 8.88. The summed E-state index contributed by atoms with van der Waals surface area (Å²) < 4.78 is 72.7. The van der Waals surface area contributed by atoms with Gasteiger partial charge in [-0.3, -0.25) is 9.59 Å². The molecule has 1 aliphatic heterocycles. The number of nitrogens with one attached hydrogen (secondary N) is 1. The van der Waals surface area contributed by atoms with Crippen molar-refractivity contribution in [1.29, 1.82) is 0 Å². The Morgan fingerprint density at radius 3 is 2.34 bits per heavy atom. The summed E-state index contributed by atoms with van der Waals surface area (Å²) in [6.07, 6.45) is -1.21. The Balaban J connectivity index is 1.80. The fourth-order valence-corrected chi connectivity index (χ4v) is 3.06. The third-order valence-electron chi connectivity index (χ3n) is 4.67. The van der Waals surface area contributed by atoms with E-state index in [9.17, 15) is 36.3 Å². The summed E-state index contributed by atoms with van der Waals surface area (Å²) in [5.74, 6) is -12.2. The van der Waals surface area contributed by atoms with Gasteiger partial charge in [0.15, 0.2) is 29.1 Å². The zero-order valence-corrected chi connectivity index (χ0v) is 15.9. The summed E-state index contributed by atoms with van der Waals surface area (Å²) in [5.41, 5.74) is 3.00. The van der Waals surface area contributed by atoms with E-state index in [0.717, 1.165) is 4.90 Å². The lowest BCUT2D eigenvalue weighted by atomic mass is 10.0. The van der Waals surface area contributed by atoms with Crippen LogP contribution in [0.1, 0.15) is 22.0 Å². The van der Waals surface area contributed by atoms with Gasteiger partial charge in [0.25, 0.3) is 0 Å². The molecule has 1 fully saturated rings. The van der Waals surface area contributed by atoms with E-state index < -0.39 is 76.5 Å². The lowest BCUT2D eigenvalue weighted by Gasteiger charge is -2.33. The Morgan fingerprint density at radius 1 is 1.03 bits per heavy atom. The van der Waals surface area contributed by atoms with E-state index in [1.165, 1.54) is 0 Å². The maximum Gasteiger partial charge on any atom is 0.337 e. The summed E-state index contributed by atoms with van der Waals surface area (Å²) in [7, 11) is 0. The minimum atomic E-state index is -1.78. The number of hydrogen-bond acceptors (Lipinski definition) is 5. The number of carbonyl (C=O) groups excluding carboxylic acids is 2. The highest BCUT2D eigenvalue weighted by molar-refractivity contribution is 6.39. The lowest BCUT2D eigenvalue weighted by Crippen LogP contribution is -2.47. The molecule has 0 saturated carbocycles. The zero-order valence-electron chi connectivity index (χ0n) is 15.9. The number of carbonyl (C=O) groups is 3. The Bertz CT molecular complexity index is 1130. The molecule has 0 unspecified atom stereocenters. The van der Waals surface area contributed by atoms with Crippen LogP contribution in [0.25, 0.3) is 0 Å². The molecule has 2 amide bonds. The number of benzene rings is 2. The minimum absolute atomic E-state index is 0.140. The largest absolute Gasteiger partial charge is 0.478 e. The summed E-state index contributed by atoms with van der Waals surface area (Å²) in [6.45, 7) is -0.738. The number of hydrogen-bond donors (Lipinski definition) is 3. The van der Waals surface area contributed by atoms with Crippen molar-refractivity contribution in [2.45, 2.75) is 6.10 Å². The van der Waals surface area contributed by atoms with Crippen LogP contribution < -0.4 is 11.1 Å². The number of carboxylic acids is 1. The topological polar surface area (TPSA) is 122 Å². The number of halogens is 5. The van der Waals surface area contributed by atoms with Gasteiger partial charge < -0.3 is 25.8 Å². The molecule has 3 rings (SSSR count). The maximum absolute atomic E-state index is 13.8. The van der Waals surface area contributed by atoms with Gasteiger partial charge in [-0.25, -0.2) is 26.7 Å². The standard InChI is InChI=1S/C19H14F5N3O5/c20-9-3-7(19(30)31)12(5-10(9)21)26-17(28)18(29)27-1-2-32-13(6-27)8-4-11(22)14(23)15(24)16(8)25/h3-5,13H,1-2,6,25H2,(H,26,28)(H,30,31)/t13-/m1/s1. The van der Waals surface area contributed by atoms with Crippen molar-refractivity contribution in [3.05, 3.63) is 58.4 Å². The predicted octanol–water partition coefficient (Wildman–Crippen LogP) is 2.20. The summed E-state index contributed by atoms with van der Waals surface area (Å²) >= 11 is 0. The quantitative estimate of drug-likeness (QED) is 0.280. The molecular formula is C19H14F5N3O5. The summed E-state index contributed by atoms with van der Waals surface area (Å²) in [5, 5.41) is 11.0. The van der Waals surface area contributed by atoms with Crippen molar-refractivity contribution in [3.8, 4) is 0 Å². The van der Waals surface area contributed by atoms with Crippen LogP contribution in [0.15, 0.2) is 18.2 Å². The van der Waals surface area contributed by atoms with E-state index in [2.05, 4.69) is 0 Å². The molecule has 32 heavy (non-hydrogen) atoms. The van der Waals surface area contributed by atoms with Gasteiger partial charge in [0.05, 0.1) is 30.1 Å². The number of anilines is 2. The third kappa shape index (κ3) is 4.32. The summed E-state index contributed by atoms with van der Waals surface area (Å²) in [6, 6.07) is 1.34. The lowest BCUT2D eigenvalue weighted by molar-refractivity contribution is -0.148. The highest BCUT2D eigenvalue weighted by Gasteiger charge is 2.32. The van der Waals surface area contributed by atoms with Crippen LogP contribution in [-0.4, -0.2) is 47.5 Å². The average molecular weight is 459 g/mol. The van der Waals surface area contributed by atoms with Crippen LogP contribution in [-0.2, 0) is 14.3 Å². The number of ether oxygens (including phenoxy) is 1. The molecule has 1 heterocycles. The smallest absolute Gasteiger partial charge is 0.337 e. The Kier molecular flexibility index (Phi) is 6.30. The van der Waals surface area contributed by atoms with Gasteiger partial charge in [-0.05, 0) is 12.1 Å². The van der Waals surface area contributed by atoms with E-state index in [1.54, 1.807) is 0 Å². The number of nitrogen functional groups attached to an aromatic ring is 1. The van der Waals surface area contributed by atoms with Crippen LogP contribution in [0.2, 0.25) is 0 Å². The second-order valence-electron chi connectivity index (χ2n) is 6.67. The van der Waals surface area contributed by atoms with Crippen molar-refractivity contribution < 1.29 is 46.2 Å². The van der Waals surface area contributed by atoms with Gasteiger partial charge in [-0.1, -0.05) is 0 Å². The van der Waals surface area contributed by atoms with Crippen LogP contribution in [0, 0.1) is 29.1 Å². The van der Waals surface area contributed by atoms with Gasteiger partial charge >= 0.3 is 17.8 Å². The molecule has 4 N–H and O–H groups in total. The fourth-order valence-electron chi connectivity index (χ4n) is 3.06. The van der Waals surface area contributed by atoms with Crippen LogP contribution >= 0.6 is 0 Å². The Hall–Kier alpha value is -3.74. The van der Waals surface area contributed by atoms with E-state index >= 15 is 0 Å². The van der Waals surface area contributed by atoms with E-state index in [1.807, 2.05) is 5.32 Å². The number of aromatic carboxylic acids is 1. The first kappa shape index (κ1) is 22.9. The normalized spacial score (nSPS) is 16.0. The SMILES string of the molecule is Nc1c([C@H]2CN(C(=O)C(=O)Nc3cc(F)c(F)cc3C(=O)O)CCO2)cc(F)c(F)c1F. The molecule has 1 saturated heterocycles. The van der Waals surface area contributed by atoms with Crippen molar-refractivity contribution in [2.75, 3.05) is 30.7 Å². The number of morpholine rings is 1. The molecule has 2 aromatic carbocycles. The van der Waals surface area contributed by atoms with Gasteiger partial charge in [0.1, 0.15) is 6.10 Å². The fraction of sp³-hybridized carbons (Fsp3) is 0.211. The monoisotopic (exact) mass is 459 g/mol. The molecule has 13 heteroatoms. The molecular weight excluding hydrogens is 445 g/mol. The van der Waals surface area contributed by atoms with E-state index in [-0.39, 0.29) is 18.7 Å². The Labute approximate surface area is 176 Å². The van der Waals surface area contributed by atoms with Crippen molar-refractivity contribution in [3.63, 3.8) is 0 Å². The van der Waals surface area contributed by atoms with Crippen LogP contribution in [0.4, 0.5) is 33.3 Å². The molecule has 2 aromatic rings. The number of rotatable bonds is 3. The van der Waals surface area contributed by atoms with Gasteiger partial charge in [-0.2, -0.15) is 0 Å². The van der Waals surface area contributed by atoms with Crippen molar-refractivity contribution in [1.82, 2.24) is 4.90 Å². The van der Waals surface area contributed by atoms with E-state index in [4.69, 9.17) is 15.6 Å². The molecule has 8 nitrogen and oxygen atoms in total. The second-order valence-corrected chi connectivity index (χ2v) is 6.67. The molecule has 1 atom stereocenters. The highest BCUT2D eigenvalue weighted by Crippen LogP contribution is 2.31. The van der Waals surface area contributed by atoms with Gasteiger partial charge in [0.2, 0.25) is 0 Å². The highest BCUT2D eigenvalue weighted by atomic mass is 19.2. The molecule has 0 aliphatic carbocycles. The first-order valence-corrected chi connectivity index (χ1v) is 8.88. The zero-order chi connectivity index (χ0) is 23.7. The molecule has 0 aromatic heterocycles. The molecule has 0 radical (unpaired) electrons. The number of nitrogens with two attached hydrogens (primary N) is 1. The minimum Gasteiger partial charge on any atom is -0.478 e. The third-order valence-corrected chi connectivity index (χ3v) is 4.67. The summed E-state index contributed by atoms with van der Waals surface area (Å²) in [4.78, 5) is 36.9. The first-order chi connectivity index (χ1) is 15.0. The maximum atomic E-state index is 13.8. The Morgan fingerprint density at radius 2 is 1.69 bits per heavy atom. The average Bonchev–Trinajstić information content (AvgIpc) is 2.76. The second kappa shape index (κ2) is 8.78. The van der Waals surface area contributed by atoms with Gasteiger partial charge in [-0.15, -0.1) is 0 Å². The van der Waals surface area contributed by atoms with Crippen molar-refractivity contribution in [2.24, 2.45) is 0 Å². The van der Waals surface area contributed by atoms with Crippen LogP contribution in [0.5, 0.6) is 0 Å². The van der Waals surface area contributed by atoms with Gasteiger partial charge in [0, 0.05) is 18.2 Å². The predicted molar refractivity (Wildman–Crippen MR) is 97.9 cm³/mol. The van der Waals surface area contributed by atoms with Crippen molar-refractivity contribution >= 4 is 29.2 Å². The molecule has 0 spiro atoms. The molecule has 1 aliphatic rings. The number of nitrogens with zero attached hydrogens (tertiary/aromatic N) is 1. The number of carboxylic acid groups (broad SMARTS) is 1. The van der Waals surface area contributed by atoms with E-state index in [0.29, 0.717) is 18.2 Å². The molecule has 170 valence electrons. The van der Waals surface area contributed by atoms with Crippen LogP contribution in [0.3, 0.4) is 0 Å². The number of amides is 2. The molecule has 0 bridgehead atoms.